The van der Waals surface area contributed by atoms with E-state index in [0.717, 1.165) is 16.7 Å². The van der Waals surface area contributed by atoms with Gasteiger partial charge in [0.25, 0.3) is 0 Å². The summed E-state index contributed by atoms with van der Waals surface area (Å²) in [4.78, 5) is 13.7. The molecule has 0 aromatic carbocycles. The first-order valence-corrected chi connectivity index (χ1v) is 7.80. The lowest BCUT2D eigenvalue weighted by molar-refractivity contribution is -0.130. The molecule has 2 rings (SSSR count). The van der Waals surface area contributed by atoms with E-state index in [2.05, 4.69) is 26.1 Å². The van der Waals surface area contributed by atoms with Crippen LogP contribution in [0.25, 0.3) is 0 Å². The maximum atomic E-state index is 12.1. The predicted molar refractivity (Wildman–Crippen MR) is 83.9 cm³/mol. The number of aromatic nitrogens is 4. The largest absolute Gasteiger partial charge is 0.340 e. The normalized spacial score (nSPS) is 10.9. The van der Waals surface area contributed by atoms with E-state index >= 15 is 0 Å². The third kappa shape index (κ3) is 4.31. The summed E-state index contributed by atoms with van der Waals surface area (Å²) < 4.78 is 4.39. The van der Waals surface area contributed by atoms with Crippen molar-refractivity contribution in [1.29, 1.82) is 0 Å². The second-order valence-corrected chi connectivity index (χ2v) is 6.02. The van der Waals surface area contributed by atoms with Crippen molar-refractivity contribution in [2.45, 2.75) is 33.0 Å². The minimum Gasteiger partial charge on any atom is -0.340 e. The molecule has 0 aliphatic carbocycles. The Hall–Kier alpha value is -1.34. The minimum absolute atomic E-state index is 0.0312. The lowest BCUT2D eigenvalue weighted by Gasteiger charge is -2.16. The molecule has 2 aromatic heterocycles. The fraction of sp³-hybridized carbons (Fsp3) is 0.462. The van der Waals surface area contributed by atoms with Crippen LogP contribution >= 0.6 is 27.5 Å². The zero-order valence-corrected chi connectivity index (χ0v) is 14.3. The van der Waals surface area contributed by atoms with Crippen molar-refractivity contribution in [2.75, 3.05) is 7.05 Å². The summed E-state index contributed by atoms with van der Waals surface area (Å²) in [6.07, 6.45) is 5.70. The number of halogens is 2. The van der Waals surface area contributed by atoms with E-state index in [1.54, 1.807) is 33.7 Å². The van der Waals surface area contributed by atoms with Crippen molar-refractivity contribution >= 4 is 33.4 Å². The summed E-state index contributed by atoms with van der Waals surface area (Å²) in [5.74, 6) is 0.0312. The Balaban J connectivity index is 1.88. The maximum absolute atomic E-state index is 12.1. The number of nitrogens with zero attached hydrogens (tertiary/aromatic N) is 5. The Kier molecular flexibility index (Phi) is 5.41. The van der Waals surface area contributed by atoms with E-state index in [4.69, 9.17) is 11.6 Å². The predicted octanol–water partition coefficient (Wildman–Crippen LogP) is 2.56. The first kappa shape index (κ1) is 16.0. The van der Waals surface area contributed by atoms with Gasteiger partial charge >= 0.3 is 0 Å². The number of amides is 1. The molecule has 0 aliphatic rings. The summed E-state index contributed by atoms with van der Waals surface area (Å²) in [5, 5.41) is 9.05. The van der Waals surface area contributed by atoms with Gasteiger partial charge in [-0.05, 0) is 22.9 Å². The Morgan fingerprint density at radius 3 is 2.76 bits per heavy atom. The van der Waals surface area contributed by atoms with Gasteiger partial charge in [-0.2, -0.15) is 10.2 Å². The molecular weight excluding hydrogens is 358 g/mol. The second kappa shape index (κ2) is 7.09. The van der Waals surface area contributed by atoms with Crippen molar-refractivity contribution in [1.82, 2.24) is 24.5 Å². The molecule has 0 saturated carbocycles. The third-order valence-electron chi connectivity index (χ3n) is 3.08. The molecule has 2 heterocycles. The number of carbonyl (C=O) groups excluding carboxylic acids is 1. The Morgan fingerprint density at radius 1 is 1.43 bits per heavy atom. The van der Waals surface area contributed by atoms with Gasteiger partial charge in [-0.3, -0.25) is 14.2 Å². The fourth-order valence-electron chi connectivity index (χ4n) is 1.88. The molecule has 1 amide bonds. The van der Waals surface area contributed by atoms with Crippen LogP contribution in [-0.4, -0.2) is 37.4 Å². The maximum Gasteiger partial charge on any atom is 0.224 e. The fourth-order valence-corrected chi connectivity index (χ4v) is 2.42. The van der Waals surface area contributed by atoms with E-state index in [-0.39, 0.29) is 5.91 Å². The zero-order valence-electron chi connectivity index (χ0n) is 12.0. The zero-order chi connectivity index (χ0) is 15.4. The van der Waals surface area contributed by atoms with E-state index < -0.39 is 0 Å². The summed E-state index contributed by atoms with van der Waals surface area (Å²) in [7, 11) is 1.75. The summed E-state index contributed by atoms with van der Waals surface area (Å²) >= 11 is 9.43. The van der Waals surface area contributed by atoms with E-state index in [9.17, 15) is 4.79 Å². The topological polar surface area (TPSA) is 56.0 Å². The van der Waals surface area contributed by atoms with Crippen LogP contribution < -0.4 is 0 Å². The van der Waals surface area contributed by atoms with Crippen LogP contribution in [-0.2, 0) is 24.4 Å². The first-order valence-electron chi connectivity index (χ1n) is 6.63. The van der Waals surface area contributed by atoms with Gasteiger partial charge in [-0.25, -0.2) is 0 Å². The Labute approximate surface area is 136 Å². The highest BCUT2D eigenvalue weighted by Crippen LogP contribution is 2.16. The molecule has 6 nitrogen and oxygen atoms in total. The van der Waals surface area contributed by atoms with Crippen LogP contribution in [0, 0.1) is 0 Å². The van der Waals surface area contributed by atoms with Crippen molar-refractivity contribution in [3.05, 3.63) is 33.8 Å². The molecule has 0 fully saturated rings. The third-order valence-corrected chi connectivity index (χ3v) is 3.81. The van der Waals surface area contributed by atoms with Gasteiger partial charge in [0.2, 0.25) is 5.91 Å². The van der Waals surface area contributed by atoms with Gasteiger partial charge < -0.3 is 4.90 Å². The average molecular weight is 375 g/mol. The molecule has 114 valence electrons. The van der Waals surface area contributed by atoms with Crippen LogP contribution in [0.4, 0.5) is 0 Å². The lowest BCUT2D eigenvalue weighted by atomic mass is 10.3. The molecule has 0 aliphatic heterocycles. The highest BCUT2D eigenvalue weighted by molar-refractivity contribution is 9.10. The molecule has 8 heteroatoms. The highest BCUT2D eigenvalue weighted by Gasteiger charge is 2.14. The van der Waals surface area contributed by atoms with Gasteiger partial charge in [-0.1, -0.05) is 11.6 Å². The number of carbonyl (C=O) groups is 1. The van der Waals surface area contributed by atoms with Gasteiger partial charge in [0.05, 0.1) is 22.2 Å². The Bertz CT molecular complexity index is 624. The summed E-state index contributed by atoms with van der Waals surface area (Å²) in [6.45, 7) is 3.70. The first-order chi connectivity index (χ1) is 9.99. The van der Waals surface area contributed by atoms with E-state index in [1.165, 1.54) is 0 Å². The molecule has 0 spiro atoms. The van der Waals surface area contributed by atoms with E-state index in [1.807, 2.05) is 13.1 Å². The Morgan fingerprint density at radius 2 is 2.19 bits per heavy atom. The average Bonchev–Trinajstić information content (AvgIpc) is 3.02. The van der Waals surface area contributed by atoms with Gasteiger partial charge in [0, 0.05) is 39.0 Å². The minimum atomic E-state index is 0.0312. The molecule has 0 saturated heterocycles. The summed E-state index contributed by atoms with van der Waals surface area (Å²) in [6, 6.07) is 0. The SMILES string of the molecule is CCn1cc(Cl)c(CN(C)C(=O)CCn2cc(Br)cn2)n1. The molecule has 2 aromatic rings. The van der Waals surface area contributed by atoms with Crippen LogP contribution in [0.1, 0.15) is 19.0 Å². The number of hydrogen-bond donors (Lipinski definition) is 0. The monoisotopic (exact) mass is 373 g/mol. The van der Waals surface area contributed by atoms with Crippen molar-refractivity contribution in [3.8, 4) is 0 Å². The quantitative estimate of drug-likeness (QED) is 0.781. The smallest absolute Gasteiger partial charge is 0.224 e. The molecular formula is C13H17BrClN5O. The van der Waals surface area contributed by atoms with Gasteiger partial charge in [0.15, 0.2) is 0 Å². The second-order valence-electron chi connectivity index (χ2n) is 4.70. The molecule has 0 N–H and O–H groups in total. The number of aryl methyl sites for hydroxylation is 2. The molecule has 0 unspecified atom stereocenters. The van der Waals surface area contributed by atoms with Crippen LogP contribution in [0.5, 0.6) is 0 Å². The van der Waals surface area contributed by atoms with Gasteiger partial charge in [0.1, 0.15) is 5.69 Å². The number of hydrogen-bond acceptors (Lipinski definition) is 3. The van der Waals surface area contributed by atoms with Crippen molar-refractivity contribution in [2.24, 2.45) is 0 Å². The lowest BCUT2D eigenvalue weighted by Crippen LogP contribution is -2.27. The van der Waals surface area contributed by atoms with Crippen LogP contribution in [0.2, 0.25) is 5.02 Å². The standard InChI is InChI=1S/C13H17BrClN5O/c1-3-19-8-11(15)12(17-19)9-18(2)13(21)4-5-20-7-10(14)6-16-20/h6-8H,3-5,9H2,1-2H3. The van der Waals surface area contributed by atoms with E-state index in [0.29, 0.717) is 24.5 Å². The van der Waals surface area contributed by atoms with Crippen molar-refractivity contribution in [3.63, 3.8) is 0 Å². The molecule has 0 radical (unpaired) electrons. The van der Waals surface area contributed by atoms with Gasteiger partial charge in [-0.15, -0.1) is 0 Å². The van der Waals surface area contributed by atoms with Crippen molar-refractivity contribution < 1.29 is 4.79 Å². The molecule has 21 heavy (non-hydrogen) atoms. The highest BCUT2D eigenvalue weighted by atomic mass is 79.9. The summed E-state index contributed by atoms with van der Waals surface area (Å²) in [5.41, 5.74) is 0.719. The van der Waals surface area contributed by atoms with Crippen LogP contribution in [0.3, 0.4) is 0 Å². The number of rotatable bonds is 6. The van der Waals surface area contributed by atoms with Crippen LogP contribution in [0.15, 0.2) is 23.1 Å². The molecule has 0 atom stereocenters. The molecule has 0 bridgehead atoms.